The zero-order valence-electron chi connectivity index (χ0n) is 8.25. The van der Waals surface area contributed by atoms with E-state index in [0.717, 1.165) is 10.8 Å². The number of hydrogen-bond donors (Lipinski definition) is 2. The quantitative estimate of drug-likeness (QED) is 0.188. The van der Waals surface area contributed by atoms with Gasteiger partial charge in [0.2, 0.25) is 0 Å². The number of amidine groups is 1. The van der Waals surface area contributed by atoms with Crippen LogP contribution in [0.5, 0.6) is 0 Å². The highest BCUT2D eigenvalue weighted by molar-refractivity contribution is 7.99. The van der Waals surface area contributed by atoms with E-state index >= 15 is 0 Å². The predicted octanol–water partition coefficient (Wildman–Crippen LogP) is 0.310. The van der Waals surface area contributed by atoms with E-state index in [1.807, 2.05) is 0 Å². The molecule has 0 aliphatic carbocycles. The van der Waals surface area contributed by atoms with Crippen molar-refractivity contribution in [1.82, 2.24) is 9.97 Å². The van der Waals surface area contributed by atoms with Gasteiger partial charge in [-0.15, -0.1) is 11.8 Å². The molecule has 0 aliphatic heterocycles. The fourth-order valence-corrected chi connectivity index (χ4v) is 1.52. The Balaban J connectivity index is 2.56. The minimum atomic E-state index is -0.0454. The average Bonchev–Trinajstić information content (AvgIpc) is 2.29. The third-order valence-corrected chi connectivity index (χ3v) is 2.41. The lowest BCUT2D eigenvalue weighted by molar-refractivity contribution is 0.218. The summed E-state index contributed by atoms with van der Waals surface area (Å²) in [5.41, 5.74) is 5.69. The van der Waals surface area contributed by atoms with Crippen LogP contribution in [0.15, 0.2) is 22.6 Å². The molecule has 1 aromatic heterocycles. The first kappa shape index (κ1) is 11.7. The van der Waals surface area contributed by atoms with Crippen LogP contribution in [0.2, 0.25) is 0 Å². The summed E-state index contributed by atoms with van der Waals surface area (Å²) in [6.07, 6.45) is 3.04. The van der Waals surface area contributed by atoms with Crippen molar-refractivity contribution in [3.8, 4) is 0 Å². The zero-order chi connectivity index (χ0) is 11.1. The molecule has 0 atom stereocenters. The Morgan fingerprint density at radius 2 is 2.40 bits per heavy atom. The summed E-state index contributed by atoms with van der Waals surface area (Å²) in [6.45, 7) is 0.661. The van der Waals surface area contributed by atoms with Crippen molar-refractivity contribution < 1.29 is 9.94 Å². The number of nitrogens with two attached hydrogens (primary N) is 1. The number of thioether (sulfide) groups is 1. The van der Waals surface area contributed by atoms with Gasteiger partial charge in [0, 0.05) is 12.9 Å². The Labute approximate surface area is 91.6 Å². The van der Waals surface area contributed by atoms with Gasteiger partial charge in [-0.2, -0.15) is 0 Å². The molecule has 0 aliphatic rings. The summed E-state index contributed by atoms with van der Waals surface area (Å²) in [6, 6.07) is 0. The second-order valence-electron chi connectivity index (χ2n) is 2.57. The number of aromatic nitrogens is 2. The van der Waals surface area contributed by atoms with Gasteiger partial charge in [0.25, 0.3) is 0 Å². The van der Waals surface area contributed by atoms with Crippen LogP contribution in [0.1, 0.15) is 5.69 Å². The van der Waals surface area contributed by atoms with Gasteiger partial charge in [-0.3, -0.25) is 0 Å². The summed E-state index contributed by atoms with van der Waals surface area (Å²) < 4.78 is 4.90. The maximum Gasteiger partial charge on any atom is 0.190 e. The van der Waals surface area contributed by atoms with Crippen LogP contribution >= 0.6 is 11.8 Å². The predicted molar refractivity (Wildman–Crippen MR) is 57.1 cm³/mol. The minimum Gasteiger partial charge on any atom is -0.409 e. The lowest BCUT2D eigenvalue weighted by atomic mass is 10.4. The molecule has 0 bridgehead atoms. The molecule has 0 saturated carbocycles. The van der Waals surface area contributed by atoms with Crippen molar-refractivity contribution in [3.05, 3.63) is 18.1 Å². The lowest BCUT2D eigenvalue weighted by Gasteiger charge is -2.00. The largest absolute Gasteiger partial charge is 0.409 e. The molecule has 0 amide bonds. The lowest BCUT2D eigenvalue weighted by Crippen LogP contribution is -2.15. The molecule has 6 nitrogen and oxygen atoms in total. The maximum absolute atomic E-state index is 8.40. The smallest absolute Gasteiger partial charge is 0.190 e. The molecule has 0 saturated heterocycles. The molecule has 7 heteroatoms. The topological polar surface area (TPSA) is 93.6 Å². The first-order chi connectivity index (χ1) is 7.27. The van der Waals surface area contributed by atoms with Crippen molar-refractivity contribution in [3.63, 3.8) is 0 Å². The van der Waals surface area contributed by atoms with Crippen LogP contribution in [0, 0.1) is 0 Å². The second-order valence-corrected chi connectivity index (χ2v) is 3.68. The number of rotatable bonds is 5. The van der Waals surface area contributed by atoms with Crippen LogP contribution in [-0.4, -0.2) is 40.5 Å². The van der Waals surface area contributed by atoms with Gasteiger partial charge < -0.3 is 15.7 Å². The van der Waals surface area contributed by atoms with Gasteiger partial charge in [-0.1, -0.05) is 5.16 Å². The molecule has 0 radical (unpaired) electrons. The number of oxime groups is 1. The number of hydrogen-bond acceptors (Lipinski definition) is 6. The van der Waals surface area contributed by atoms with E-state index in [4.69, 9.17) is 15.7 Å². The molecule has 82 valence electrons. The third-order valence-electron chi connectivity index (χ3n) is 1.54. The van der Waals surface area contributed by atoms with E-state index in [1.165, 1.54) is 18.0 Å². The van der Waals surface area contributed by atoms with Gasteiger partial charge in [0.05, 0.1) is 19.0 Å². The van der Waals surface area contributed by atoms with E-state index < -0.39 is 0 Å². The van der Waals surface area contributed by atoms with E-state index in [-0.39, 0.29) is 5.84 Å². The highest BCUT2D eigenvalue weighted by atomic mass is 32.2. The first-order valence-electron chi connectivity index (χ1n) is 4.19. The number of ether oxygens (including phenoxy) is 1. The molecular formula is C8H12N4O2S. The monoisotopic (exact) mass is 228 g/mol. The van der Waals surface area contributed by atoms with E-state index in [1.54, 1.807) is 13.3 Å². The van der Waals surface area contributed by atoms with Gasteiger partial charge >= 0.3 is 0 Å². The highest BCUT2D eigenvalue weighted by Gasteiger charge is 2.02. The Bertz CT molecular complexity index is 328. The van der Waals surface area contributed by atoms with Gasteiger partial charge in [0.1, 0.15) is 10.7 Å². The SMILES string of the molecule is COCCSc1cnc(C(N)=NO)cn1. The molecular weight excluding hydrogens is 216 g/mol. The molecule has 15 heavy (non-hydrogen) atoms. The van der Waals surface area contributed by atoms with Crippen LogP contribution < -0.4 is 5.73 Å². The van der Waals surface area contributed by atoms with Crippen molar-refractivity contribution in [1.29, 1.82) is 0 Å². The fourth-order valence-electron chi connectivity index (χ4n) is 0.804. The van der Waals surface area contributed by atoms with Crippen molar-refractivity contribution in [2.24, 2.45) is 10.9 Å². The molecule has 1 rings (SSSR count). The molecule has 0 spiro atoms. The van der Waals surface area contributed by atoms with Gasteiger partial charge in [0.15, 0.2) is 5.84 Å². The summed E-state index contributed by atoms with van der Waals surface area (Å²) in [5.74, 6) is 0.768. The zero-order valence-corrected chi connectivity index (χ0v) is 9.07. The van der Waals surface area contributed by atoms with Crippen LogP contribution in [-0.2, 0) is 4.74 Å². The summed E-state index contributed by atoms with van der Waals surface area (Å²) in [7, 11) is 1.65. The maximum atomic E-state index is 8.40. The van der Waals surface area contributed by atoms with E-state index in [2.05, 4.69) is 15.1 Å². The average molecular weight is 228 g/mol. The molecule has 3 N–H and O–H groups in total. The Morgan fingerprint density at radius 1 is 1.60 bits per heavy atom. The van der Waals surface area contributed by atoms with Crippen LogP contribution in [0.4, 0.5) is 0 Å². The van der Waals surface area contributed by atoms with Crippen molar-refractivity contribution in [2.45, 2.75) is 5.03 Å². The fraction of sp³-hybridized carbons (Fsp3) is 0.375. The molecule has 1 aromatic rings. The molecule has 1 heterocycles. The normalized spacial score (nSPS) is 11.7. The van der Waals surface area contributed by atoms with E-state index in [9.17, 15) is 0 Å². The van der Waals surface area contributed by atoms with Crippen LogP contribution in [0.25, 0.3) is 0 Å². The summed E-state index contributed by atoms with van der Waals surface area (Å²) >= 11 is 1.53. The summed E-state index contributed by atoms with van der Waals surface area (Å²) in [5, 5.41) is 12.0. The molecule has 0 aromatic carbocycles. The molecule has 0 unspecified atom stereocenters. The number of nitrogens with zero attached hydrogens (tertiary/aromatic N) is 3. The van der Waals surface area contributed by atoms with Crippen LogP contribution in [0.3, 0.4) is 0 Å². The van der Waals surface area contributed by atoms with Crippen molar-refractivity contribution in [2.75, 3.05) is 19.5 Å². The van der Waals surface area contributed by atoms with Gasteiger partial charge in [-0.05, 0) is 0 Å². The van der Waals surface area contributed by atoms with Gasteiger partial charge in [-0.25, -0.2) is 9.97 Å². The van der Waals surface area contributed by atoms with E-state index in [0.29, 0.717) is 12.3 Å². The first-order valence-corrected chi connectivity index (χ1v) is 5.18. The highest BCUT2D eigenvalue weighted by Crippen LogP contribution is 2.12. The number of methoxy groups -OCH3 is 1. The molecule has 0 fully saturated rings. The summed E-state index contributed by atoms with van der Waals surface area (Å²) in [4.78, 5) is 8.08. The second kappa shape index (κ2) is 6.20. The Hall–Kier alpha value is -1.34. The standard InChI is InChI=1S/C8H12N4O2S/c1-14-2-3-15-7-5-10-6(4-11-7)8(9)12-13/h4-5,13H,2-3H2,1H3,(H2,9,12). The third kappa shape index (κ3) is 3.72. The Morgan fingerprint density at radius 3 is 2.93 bits per heavy atom. The van der Waals surface area contributed by atoms with Crippen molar-refractivity contribution >= 4 is 17.6 Å². The minimum absolute atomic E-state index is 0.0454. The Kier molecular flexibility index (Phi) is 4.85.